The van der Waals surface area contributed by atoms with Gasteiger partial charge >= 0.3 is 6.03 Å². The van der Waals surface area contributed by atoms with Gasteiger partial charge in [-0.3, -0.25) is 0 Å². The van der Waals surface area contributed by atoms with Gasteiger partial charge in [-0.1, -0.05) is 35.9 Å². The van der Waals surface area contributed by atoms with E-state index in [4.69, 9.17) is 16.3 Å². The van der Waals surface area contributed by atoms with Crippen LogP contribution in [0.25, 0.3) is 0 Å². The number of hydrogen-bond donors (Lipinski definition) is 1. The lowest BCUT2D eigenvalue weighted by atomic mass is 10.1. The number of carbonyl (C=O) groups is 1. The third kappa shape index (κ3) is 4.22. The summed E-state index contributed by atoms with van der Waals surface area (Å²) in [7, 11) is 1.65. The Morgan fingerprint density at radius 3 is 2.58 bits per heavy atom. The van der Waals surface area contributed by atoms with Gasteiger partial charge in [-0.05, 0) is 36.2 Å². The van der Waals surface area contributed by atoms with Gasteiger partial charge in [0.15, 0.2) is 0 Å². The van der Waals surface area contributed by atoms with Gasteiger partial charge in [0.25, 0.3) is 0 Å². The molecule has 138 valence electrons. The minimum atomic E-state index is -0.0223. The zero-order chi connectivity index (χ0) is 18.5. The molecule has 0 aromatic heterocycles. The molecule has 0 saturated carbocycles. The van der Waals surface area contributed by atoms with Crippen molar-refractivity contribution in [3.63, 3.8) is 0 Å². The Morgan fingerprint density at radius 1 is 1.15 bits per heavy atom. The first-order chi connectivity index (χ1) is 12.6. The number of carbonyl (C=O) groups excluding carboxylic acids is 1. The van der Waals surface area contributed by atoms with Crippen molar-refractivity contribution in [3.05, 3.63) is 58.6 Å². The maximum Gasteiger partial charge on any atom is 0.317 e. The Kier molecular flexibility index (Phi) is 5.89. The van der Waals surface area contributed by atoms with E-state index < -0.39 is 0 Å². The number of ether oxygens (including phenoxy) is 1. The molecule has 0 atom stereocenters. The van der Waals surface area contributed by atoms with Crippen molar-refractivity contribution in [2.45, 2.75) is 13.5 Å². The molecule has 1 saturated heterocycles. The molecule has 1 heterocycles. The standard InChI is InChI=1S/C20H24ClN3O2/c1-15-5-3-4-6-16(15)14-22-20(25)24-11-9-23(10-12-24)18-13-17(21)7-8-19(18)26-2/h3-8,13H,9-12,14H2,1-2H3,(H,22,25). The van der Waals surface area contributed by atoms with Crippen molar-refractivity contribution in [1.82, 2.24) is 10.2 Å². The fourth-order valence-corrected chi connectivity index (χ4v) is 3.32. The Balaban J connectivity index is 1.56. The molecule has 1 N–H and O–H groups in total. The molecule has 0 spiro atoms. The third-order valence-corrected chi connectivity index (χ3v) is 4.97. The van der Waals surface area contributed by atoms with Crippen LogP contribution >= 0.6 is 11.6 Å². The second-order valence-electron chi connectivity index (χ2n) is 6.38. The van der Waals surface area contributed by atoms with Crippen molar-refractivity contribution in [3.8, 4) is 5.75 Å². The van der Waals surface area contributed by atoms with E-state index in [0.29, 0.717) is 24.7 Å². The van der Waals surface area contributed by atoms with Crippen LogP contribution in [0.1, 0.15) is 11.1 Å². The Morgan fingerprint density at radius 2 is 1.88 bits per heavy atom. The minimum absolute atomic E-state index is 0.0223. The van der Waals surface area contributed by atoms with Crippen molar-refractivity contribution >= 4 is 23.3 Å². The number of methoxy groups -OCH3 is 1. The van der Waals surface area contributed by atoms with E-state index in [-0.39, 0.29) is 6.03 Å². The quantitative estimate of drug-likeness (QED) is 0.889. The molecule has 0 bridgehead atoms. The number of benzene rings is 2. The van der Waals surface area contributed by atoms with E-state index in [0.717, 1.165) is 30.1 Å². The van der Waals surface area contributed by atoms with Gasteiger partial charge in [0.2, 0.25) is 0 Å². The summed E-state index contributed by atoms with van der Waals surface area (Å²) in [6, 6.07) is 13.7. The van der Waals surface area contributed by atoms with Crippen LogP contribution in [0, 0.1) is 6.92 Å². The molecule has 2 amide bonds. The van der Waals surface area contributed by atoms with Crippen molar-refractivity contribution in [2.24, 2.45) is 0 Å². The number of nitrogens with one attached hydrogen (secondary N) is 1. The van der Waals surface area contributed by atoms with Gasteiger partial charge in [0.1, 0.15) is 5.75 Å². The van der Waals surface area contributed by atoms with Gasteiger partial charge in [-0.25, -0.2) is 4.79 Å². The molecule has 0 radical (unpaired) electrons. The molecule has 1 aliphatic rings. The zero-order valence-corrected chi connectivity index (χ0v) is 15.9. The Hall–Kier alpha value is -2.40. The molecule has 0 aliphatic carbocycles. The topological polar surface area (TPSA) is 44.8 Å². The zero-order valence-electron chi connectivity index (χ0n) is 15.2. The molecule has 6 heteroatoms. The average Bonchev–Trinajstić information content (AvgIpc) is 2.67. The molecule has 0 unspecified atom stereocenters. The highest BCUT2D eigenvalue weighted by atomic mass is 35.5. The second kappa shape index (κ2) is 8.32. The van der Waals surface area contributed by atoms with Crippen LogP contribution in [0.4, 0.5) is 10.5 Å². The van der Waals surface area contributed by atoms with Crippen LogP contribution in [-0.4, -0.2) is 44.2 Å². The van der Waals surface area contributed by atoms with E-state index in [2.05, 4.69) is 23.2 Å². The molecular formula is C20H24ClN3O2. The third-order valence-electron chi connectivity index (χ3n) is 4.74. The first-order valence-electron chi connectivity index (χ1n) is 8.74. The lowest BCUT2D eigenvalue weighted by Crippen LogP contribution is -2.51. The fourth-order valence-electron chi connectivity index (χ4n) is 3.15. The number of nitrogens with zero attached hydrogens (tertiary/aromatic N) is 2. The molecule has 2 aromatic carbocycles. The SMILES string of the molecule is COc1ccc(Cl)cc1N1CCN(C(=O)NCc2ccccc2C)CC1. The summed E-state index contributed by atoms with van der Waals surface area (Å²) in [5.41, 5.74) is 3.30. The van der Waals surface area contributed by atoms with Crippen LogP contribution in [-0.2, 0) is 6.54 Å². The maximum atomic E-state index is 12.5. The van der Waals surface area contributed by atoms with Gasteiger partial charge < -0.3 is 19.9 Å². The number of halogens is 1. The normalized spacial score (nSPS) is 14.3. The predicted octanol–water partition coefficient (Wildman–Crippen LogP) is 3.69. The predicted molar refractivity (Wildman–Crippen MR) is 105 cm³/mol. The van der Waals surface area contributed by atoms with Crippen molar-refractivity contribution in [2.75, 3.05) is 38.2 Å². The van der Waals surface area contributed by atoms with Crippen LogP contribution in [0.3, 0.4) is 0 Å². The molecule has 3 rings (SSSR count). The Bertz CT molecular complexity index is 773. The fraction of sp³-hybridized carbons (Fsp3) is 0.350. The van der Waals surface area contributed by atoms with Crippen LogP contribution < -0.4 is 15.0 Å². The summed E-state index contributed by atoms with van der Waals surface area (Å²) >= 11 is 6.13. The number of aryl methyl sites for hydroxylation is 1. The summed E-state index contributed by atoms with van der Waals surface area (Å²) in [6.45, 7) is 5.42. The van der Waals surface area contributed by atoms with E-state index in [9.17, 15) is 4.79 Å². The number of amides is 2. The monoisotopic (exact) mass is 373 g/mol. The summed E-state index contributed by atoms with van der Waals surface area (Å²) < 4.78 is 5.43. The maximum absolute atomic E-state index is 12.5. The van der Waals surface area contributed by atoms with E-state index in [1.54, 1.807) is 7.11 Å². The summed E-state index contributed by atoms with van der Waals surface area (Å²) in [5.74, 6) is 0.798. The van der Waals surface area contributed by atoms with Crippen molar-refractivity contribution in [1.29, 1.82) is 0 Å². The summed E-state index contributed by atoms with van der Waals surface area (Å²) in [6.07, 6.45) is 0. The molecular weight excluding hydrogens is 350 g/mol. The first-order valence-corrected chi connectivity index (χ1v) is 9.12. The highest BCUT2D eigenvalue weighted by Crippen LogP contribution is 2.31. The lowest BCUT2D eigenvalue weighted by molar-refractivity contribution is 0.194. The number of piperazine rings is 1. The van der Waals surface area contributed by atoms with Crippen LogP contribution in [0.15, 0.2) is 42.5 Å². The highest BCUT2D eigenvalue weighted by molar-refractivity contribution is 6.30. The number of anilines is 1. The number of urea groups is 1. The van der Waals surface area contributed by atoms with Gasteiger partial charge in [0, 0.05) is 37.7 Å². The van der Waals surface area contributed by atoms with Gasteiger partial charge in [-0.2, -0.15) is 0 Å². The molecule has 1 fully saturated rings. The number of rotatable bonds is 4. The van der Waals surface area contributed by atoms with E-state index in [1.165, 1.54) is 5.56 Å². The average molecular weight is 374 g/mol. The first kappa shape index (κ1) is 18.4. The summed E-state index contributed by atoms with van der Waals surface area (Å²) in [4.78, 5) is 16.5. The van der Waals surface area contributed by atoms with Crippen molar-refractivity contribution < 1.29 is 9.53 Å². The van der Waals surface area contributed by atoms with E-state index in [1.807, 2.05) is 41.3 Å². The Labute approximate surface area is 159 Å². The summed E-state index contributed by atoms with van der Waals surface area (Å²) in [5, 5.41) is 3.70. The smallest absolute Gasteiger partial charge is 0.317 e. The highest BCUT2D eigenvalue weighted by Gasteiger charge is 2.23. The molecule has 5 nitrogen and oxygen atoms in total. The van der Waals surface area contributed by atoms with Gasteiger partial charge in [-0.15, -0.1) is 0 Å². The second-order valence-corrected chi connectivity index (χ2v) is 6.81. The minimum Gasteiger partial charge on any atom is -0.495 e. The van der Waals surface area contributed by atoms with Crippen LogP contribution in [0.2, 0.25) is 5.02 Å². The van der Waals surface area contributed by atoms with E-state index >= 15 is 0 Å². The number of hydrogen-bond acceptors (Lipinski definition) is 3. The lowest BCUT2D eigenvalue weighted by Gasteiger charge is -2.36. The largest absolute Gasteiger partial charge is 0.495 e. The molecule has 2 aromatic rings. The van der Waals surface area contributed by atoms with Crippen LogP contribution in [0.5, 0.6) is 5.75 Å². The molecule has 26 heavy (non-hydrogen) atoms. The molecule has 1 aliphatic heterocycles. The van der Waals surface area contributed by atoms with Gasteiger partial charge in [0.05, 0.1) is 12.8 Å².